The quantitative estimate of drug-likeness (QED) is 0.683. The number of alkyl halides is 3. The number of hydrogen-bond acceptors (Lipinski definition) is 0. The molecule has 0 spiro atoms. The van der Waals surface area contributed by atoms with Crippen molar-refractivity contribution >= 4 is 0 Å². The molecule has 14 heavy (non-hydrogen) atoms. The minimum absolute atomic E-state index is 0. The minimum Gasteiger partial charge on any atom is -0.292 e. The van der Waals surface area contributed by atoms with E-state index in [-0.39, 0.29) is 30.7 Å². The largest absolute Gasteiger partial charge is 0.438 e. The van der Waals surface area contributed by atoms with Crippen LogP contribution in [0.1, 0.15) is 6.42 Å². The second-order valence-electron chi connectivity index (χ2n) is 3.75. The Morgan fingerprint density at radius 2 is 1.93 bits per heavy atom. The number of quaternary nitrogens is 1. The molecule has 0 heterocycles. The summed E-state index contributed by atoms with van der Waals surface area (Å²) in [6.45, 7) is -0.805. The van der Waals surface area contributed by atoms with Crippen molar-refractivity contribution in [3.8, 4) is 0 Å². The zero-order valence-corrected chi connectivity index (χ0v) is 10.7. The van der Waals surface area contributed by atoms with Gasteiger partial charge in [0.05, 0.1) is 14.1 Å². The third-order valence-electron chi connectivity index (χ3n) is 2.10. The van der Waals surface area contributed by atoms with Crippen LogP contribution >= 0.6 is 0 Å². The fraction of sp³-hybridized carbons (Fsp3) is 0.556. The molecule has 0 atom stereocenters. The van der Waals surface area contributed by atoms with E-state index in [1.165, 1.54) is 0 Å². The van der Waals surface area contributed by atoms with Crippen LogP contribution in [0.2, 0.25) is 0 Å². The third kappa shape index (κ3) is 4.10. The van der Waals surface area contributed by atoms with E-state index < -0.39 is 12.7 Å². The van der Waals surface area contributed by atoms with Gasteiger partial charge in [-0.3, -0.25) is 4.48 Å². The Kier molecular flexibility index (Phi) is 4.79. The van der Waals surface area contributed by atoms with Crippen molar-refractivity contribution in [1.29, 1.82) is 0 Å². The Balaban J connectivity index is 0.00000169. The first-order valence-electron chi connectivity index (χ1n) is 4.07. The molecule has 0 aliphatic heterocycles. The summed E-state index contributed by atoms with van der Waals surface area (Å²) in [5.41, 5.74) is 0.803. The smallest absolute Gasteiger partial charge is 0.292 e. The summed E-state index contributed by atoms with van der Waals surface area (Å²) in [5, 5.41) is 0. The van der Waals surface area contributed by atoms with Crippen LogP contribution < -0.4 is 0 Å². The van der Waals surface area contributed by atoms with Crippen LogP contribution in [-0.2, 0) is 26.2 Å². The van der Waals surface area contributed by atoms with Gasteiger partial charge < -0.3 is 0 Å². The second kappa shape index (κ2) is 4.76. The average molecular weight is 283 g/mol. The molecule has 0 saturated carbocycles. The molecule has 78 valence electrons. The van der Waals surface area contributed by atoms with Gasteiger partial charge in [0.1, 0.15) is 5.70 Å². The van der Waals surface area contributed by atoms with Crippen LogP contribution in [0.4, 0.5) is 13.2 Å². The molecular formula is C9H13F3NZr+. The van der Waals surface area contributed by atoms with Crippen LogP contribution in [0.3, 0.4) is 0 Å². The van der Waals surface area contributed by atoms with Gasteiger partial charge in [0.2, 0.25) is 0 Å². The van der Waals surface area contributed by atoms with E-state index >= 15 is 0 Å². The molecule has 0 aromatic rings. The number of hydrogen-bond donors (Lipinski definition) is 0. The molecule has 0 aromatic heterocycles. The monoisotopic (exact) mass is 282 g/mol. The van der Waals surface area contributed by atoms with E-state index in [9.17, 15) is 13.2 Å². The van der Waals surface area contributed by atoms with Gasteiger partial charge in [-0.15, -0.1) is 0 Å². The van der Waals surface area contributed by atoms with Crippen molar-refractivity contribution in [3.05, 3.63) is 23.9 Å². The van der Waals surface area contributed by atoms with Crippen molar-refractivity contribution in [2.75, 3.05) is 20.6 Å². The predicted octanol–water partition coefficient (Wildman–Crippen LogP) is 2.47. The average Bonchev–Trinajstić information content (AvgIpc) is 2.29. The fourth-order valence-electron chi connectivity index (χ4n) is 1.43. The molecule has 5 heteroatoms. The zero-order valence-electron chi connectivity index (χ0n) is 8.23. The van der Waals surface area contributed by atoms with Gasteiger partial charge in [-0.2, -0.15) is 13.2 Å². The van der Waals surface area contributed by atoms with Gasteiger partial charge in [0.15, 0.2) is 6.54 Å². The summed E-state index contributed by atoms with van der Waals surface area (Å²) in [5.74, 6) is 0. The Morgan fingerprint density at radius 3 is 2.29 bits per heavy atom. The van der Waals surface area contributed by atoms with Crippen LogP contribution in [0, 0.1) is 0 Å². The summed E-state index contributed by atoms with van der Waals surface area (Å²) in [6, 6.07) is 0. The molecule has 0 radical (unpaired) electrons. The van der Waals surface area contributed by atoms with E-state index in [1.807, 2.05) is 6.08 Å². The Bertz CT molecular complexity index is 253. The minimum atomic E-state index is -4.10. The molecule has 0 fully saturated rings. The van der Waals surface area contributed by atoms with Crippen LogP contribution in [0.15, 0.2) is 23.9 Å². The van der Waals surface area contributed by atoms with Gasteiger partial charge >= 0.3 is 6.18 Å². The number of nitrogens with zero attached hydrogens (tertiary/aromatic N) is 1. The van der Waals surface area contributed by atoms with E-state index in [0.717, 1.165) is 5.70 Å². The van der Waals surface area contributed by atoms with E-state index in [4.69, 9.17) is 0 Å². The van der Waals surface area contributed by atoms with Crippen molar-refractivity contribution in [3.63, 3.8) is 0 Å². The first-order chi connectivity index (χ1) is 5.81. The molecule has 0 aromatic carbocycles. The standard InChI is InChI=1S/C9H13F3N.Zr/c1-13(2,7-9(10,11)12)8-5-3-4-6-8;/h3-5H,6-7H2,1-2H3;/q+1;. The zero-order chi connectivity index (χ0) is 10.1. The second-order valence-corrected chi connectivity index (χ2v) is 3.75. The normalized spacial score (nSPS) is 16.5. The summed E-state index contributed by atoms with van der Waals surface area (Å²) < 4.78 is 36.3. The maximum absolute atomic E-state index is 12.1. The molecule has 0 N–H and O–H groups in total. The fourth-order valence-corrected chi connectivity index (χ4v) is 1.43. The van der Waals surface area contributed by atoms with Gasteiger partial charge in [-0.25, -0.2) is 0 Å². The maximum Gasteiger partial charge on any atom is 0.438 e. The molecule has 1 aliphatic rings. The van der Waals surface area contributed by atoms with E-state index in [1.54, 1.807) is 26.2 Å². The SMILES string of the molecule is C[N+](C)(CC(F)(F)F)C1=CC=CC1.[Zr]. The van der Waals surface area contributed by atoms with Crippen LogP contribution in [-0.4, -0.2) is 31.3 Å². The molecule has 0 amide bonds. The summed E-state index contributed by atoms with van der Waals surface area (Å²) in [6.07, 6.45) is 1.94. The van der Waals surface area contributed by atoms with Gasteiger partial charge in [-0.05, 0) is 6.08 Å². The van der Waals surface area contributed by atoms with Crippen molar-refractivity contribution in [2.45, 2.75) is 12.6 Å². The number of halogens is 3. The number of rotatable bonds is 2. The first-order valence-corrected chi connectivity index (χ1v) is 4.07. The molecule has 0 unspecified atom stereocenters. The molecule has 0 bridgehead atoms. The molecule has 0 saturated heterocycles. The van der Waals surface area contributed by atoms with Crippen molar-refractivity contribution < 1.29 is 43.9 Å². The van der Waals surface area contributed by atoms with E-state index in [2.05, 4.69) is 0 Å². The Labute approximate surface area is 101 Å². The number of allylic oxidation sites excluding steroid dienone is 3. The topological polar surface area (TPSA) is 0 Å². The summed E-state index contributed by atoms with van der Waals surface area (Å²) in [7, 11) is 3.15. The Hall–Kier alpha value is 0.113. The Morgan fingerprint density at radius 1 is 1.36 bits per heavy atom. The van der Waals surface area contributed by atoms with Crippen molar-refractivity contribution in [2.24, 2.45) is 0 Å². The summed E-state index contributed by atoms with van der Waals surface area (Å²) >= 11 is 0. The van der Waals surface area contributed by atoms with Crippen molar-refractivity contribution in [1.82, 2.24) is 0 Å². The molecule has 1 aliphatic carbocycles. The van der Waals surface area contributed by atoms with Gasteiger partial charge in [-0.1, -0.05) is 12.2 Å². The maximum atomic E-state index is 12.1. The van der Waals surface area contributed by atoms with Crippen LogP contribution in [0.5, 0.6) is 0 Å². The van der Waals surface area contributed by atoms with E-state index in [0.29, 0.717) is 6.42 Å². The molecule has 1 nitrogen and oxygen atoms in total. The first kappa shape index (κ1) is 14.1. The predicted molar refractivity (Wildman–Crippen MR) is 44.9 cm³/mol. The van der Waals surface area contributed by atoms with Crippen LogP contribution in [0.25, 0.3) is 0 Å². The third-order valence-corrected chi connectivity index (χ3v) is 2.10. The van der Waals surface area contributed by atoms with Gasteiger partial charge in [0, 0.05) is 32.6 Å². The van der Waals surface area contributed by atoms with Gasteiger partial charge in [0.25, 0.3) is 0 Å². The molecular weight excluding hydrogens is 270 g/mol. The summed E-state index contributed by atoms with van der Waals surface area (Å²) in [4.78, 5) is 0. The molecule has 1 rings (SSSR count).